The number of carbonyl (C=O) groups excluding carboxylic acids is 1. The van der Waals surface area contributed by atoms with Gasteiger partial charge in [-0.25, -0.2) is 0 Å². The number of amides is 1. The van der Waals surface area contributed by atoms with Crippen molar-refractivity contribution in [2.24, 2.45) is 0 Å². The van der Waals surface area contributed by atoms with E-state index in [1.165, 1.54) is 23.1 Å². The van der Waals surface area contributed by atoms with E-state index in [9.17, 15) is 18.0 Å². The number of halogens is 3. The molecule has 2 rings (SSSR count). The Morgan fingerprint density at radius 2 is 2.05 bits per heavy atom. The Balaban J connectivity index is 2.27. The predicted octanol–water partition coefficient (Wildman–Crippen LogP) is 3.20. The molecule has 0 aliphatic carbocycles. The highest BCUT2D eigenvalue weighted by Crippen LogP contribution is 2.37. The normalized spacial score (nSPS) is 19.9. The van der Waals surface area contributed by atoms with Crippen LogP contribution in [-0.4, -0.2) is 25.0 Å². The molecule has 21 heavy (non-hydrogen) atoms. The summed E-state index contributed by atoms with van der Waals surface area (Å²) in [5, 5.41) is 3.11. The average molecular weight is 300 g/mol. The highest BCUT2D eigenvalue weighted by Gasteiger charge is 2.38. The summed E-state index contributed by atoms with van der Waals surface area (Å²) in [4.78, 5) is 13.7. The number of carbonyl (C=O) groups is 1. The zero-order chi connectivity index (χ0) is 15.5. The molecule has 1 heterocycles. The van der Waals surface area contributed by atoms with Gasteiger partial charge in [0.15, 0.2) is 0 Å². The van der Waals surface area contributed by atoms with Crippen LogP contribution in [0.5, 0.6) is 0 Å². The van der Waals surface area contributed by atoms with Crippen molar-refractivity contribution < 1.29 is 18.0 Å². The number of nitrogens with one attached hydrogen (secondary N) is 1. The average Bonchev–Trinajstić information content (AvgIpc) is 2.45. The second kappa shape index (κ2) is 6.47. The van der Waals surface area contributed by atoms with E-state index in [0.717, 1.165) is 12.5 Å². The van der Waals surface area contributed by atoms with Crippen molar-refractivity contribution >= 4 is 11.6 Å². The minimum atomic E-state index is -4.46. The van der Waals surface area contributed by atoms with E-state index in [1.54, 1.807) is 0 Å². The van der Waals surface area contributed by atoms with Crippen molar-refractivity contribution in [1.82, 2.24) is 5.32 Å². The van der Waals surface area contributed by atoms with Gasteiger partial charge in [-0.2, -0.15) is 13.2 Å². The summed E-state index contributed by atoms with van der Waals surface area (Å²) in [5.74, 6) is -0.272. The maximum atomic E-state index is 13.1. The van der Waals surface area contributed by atoms with Crippen LogP contribution in [0.3, 0.4) is 0 Å². The van der Waals surface area contributed by atoms with Crippen LogP contribution in [0.15, 0.2) is 24.3 Å². The highest BCUT2D eigenvalue weighted by atomic mass is 19.4. The predicted molar refractivity (Wildman–Crippen MR) is 75.1 cm³/mol. The maximum Gasteiger partial charge on any atom is 0.418 e. The van der Waals surface area contributed by atoms with Crippen LogP contribution in [0.1, 0.15) is 31.7 Å². The van der Waals surface area contributed by atoms with Gasteiger partial charge in [0.2, 0.25) is 5.91 Å². The molecular weight excluding hydrogens is 281 g/mol. The van der Waals surface area contributed by atoms with Gasteiger partial charge < -0.3 is 10.2 Å². The maximum absolute atomic E-state index is 13.1. The smallest absolute Gasteiger partial charge is 0.310 e. The van der Waals surface area contributed by atoms with Gasteiger partial charge in [0.05, 0.1) is 17.3 Å². The third-order valence-corrected chi connectivity index (χ3v) is 3.58. The van der Waals surface area contributed by atoms with E-state index in [1.807, 2.05) is 6.92 Å². The Bertz CT molecular complexity index is 502. The van der Waals surface area contributed by atoms with Gasteiger partial charge in [-0.3, -0.25) is 4.79 Å². The Morgan fingerprint density at radius 1 is 1.33 bits per heavy atom. The van der Waals surface area contributed by atoms with Gasteiger partial charge >= 0.3 is 6.18 Å². The molecule has 1 amide bonds. The Kier molecular flexibility index (Phi) is 4.88. The fourth-order valence-electron chi connectivity index (χ4n) is 2.57. The van der Waals surface area contributed by atoms with Gasteiger partial charge in [-0.15, -0.1) is 0 Å². The van der Waals surface area contributed by atoms with E-state index in [4.69, 9.17) is 0 Å². The van der Waals surface area contributed by atoms with Crippen LogP contribution in [0, 0.1) is 0 Å². The number of para-hydroxylation sites is 1. The van der Waals surface area contributed by atoms with Gasteiger partial charge in [0, 0.05) is 6.54 Å². The summed E-state index contributed by atoms with van der Waals surface area (Å²) in [7, 11) is 0. The third-order valence-electron chi connectivity index (χ3n) is 3.58. The number of nitrogens with zero attached hydrogens (tertiary/aromatic N) is 1. The molecule has 1 aliphatic heterocycles. The van der Waals surface area contributed by atoms with Gasteiger partial charge in [-0.1, -0.05) is 19.1 Å². The zero-order valence-electron chi connectivity index (χ0n) is 11.9. The minimum absolute atomic E-state index is 0.0435. The second-order valence-electron chi connectivity index (χ2n) is 5.15. The fourth-order valence-corrected chi connectivity index (χ4v) is 2.57. The number of anilines is 1. The number of benzene rings is 1. The molecule has 0 aromatic heterocycles. The van der Waals surface area contributed by atoms with E-state index in [0.29, 0.717) is 25.9 Å². The molecule has 1 saturated heterocycles. The van der Waals surface area contributed by atoms with E-state index < -0.39 is 11.7 Å². The van der Waals surface area contributed by atoms with Crippen LogP contribution in [0.2, 0.25) is 0 Å². The molecule has 1 aromatic carbocycles. The standard InChI is InChI=1S/C15H19F3N2O/c1-2-9-19-12-7-5-10-20(14(12)21)13-8-4-3-6-11(13)15(16,17)18/h3-4,6,8,12,19H,2,5,7,9-10H2,1H3. The summed E-state index contributed by atoms with van der Waals surface area (Å²) >= 11 is 0. The van der Waals surface area contributed by atoms with Crippen molar-refractivity contribution in [2.75, 3.05) is 18.0 Å². The summed E-state index contributed by atoms with van der Waals surface area (Å²) in [5.41, 5.74) is -0.799. The lowest BCUT2D eigenvalue weighted by atomic mass is 10.0. The Morgan fingerprint density at radius 3 is 2.71 bits per heavy atom. The summed E-state index contributed by atoms with van der Waals surface area (Å²) in [6.45, 7) is 3.00. The molecule has 1 fully saturated rings. The van der Waals surface area contributed by atoms with Crippen molar-refractivity contribution in [1.29, 1.82) is 0 Å². The quantitative estimate of drug-likeness (QED) is 0.926. The summed E-state index contributed by atoms with van der Waals surface area (Å²) in [6, 6.07) is 4.86. The first-order valence-corrected chi connectivity index (χ1v) is 7.16. The molecule has 1 aromatic rings. The molecule has 0 spiro atoms. The Labute approximate surface area is 122 Å². The molecule has 1 atom stereocenters. The van der Waals surface area contributed by atoms with Gasteiger partial charge in [0.25, 0.3) is 0 Å². The van der Waals surface area contributed by atoms with Crippen LogP contribution in [0.25, 0.3) is 0 Å². The molecule has 6 heteroatoms. The molecule has 1 aliphatic rings. The van der Waals surface area contributed by atoms with Crippen LogP contribution in [0.4, 0.5) is 18.9 Å². The van der Waals surface area contributed by atoms with Crippen molar-refractivity contribution in [3.05, 3.63) is 29.8 Å². The number of hydrogen-bond donors (Lipinski definition) is 1. The number of hydrogen-bond acceptors (Lipinski definition) is 2. The molecule has 0 radical (unpaired) electrons. The van der Waals surface area contributed by atoms with E-state index >= 15 is 0 Å². The monoisotopic (exact) mass is 300 g/mol. The number of alkyl halides is 3. The van der Waals surface area contributed by atoms with E-state index in [2.05, 4.69) is 5.32 Å². The Hall–Kier alpha value is -1.56. The topological polar surface area (TPSA) is 32.3 Å². The fraction of sp³-hybridized carbons (Fsp3) is 0.533. The van der Waals surface area contributed by atoms with Crippen LogP contribution < -0.4 is 10.2 Å². The highest BCUT2D eigenvalue weighted by molar-refractivity contribution is 5.98. The van der Waals surface area contributed by atoms with Crippen molar-refractivity contribution in [2.45, 2.75) is 38.4 Å². The first kappa shape index (κ1) is 15.8. The van der Waals surface area contributed by atoms with Gasteiger partial charge in [0.1, 0.15) is 0 Å². The third kappa shape index (κ3) is 3.56. The van der Waals surface area contributed by atoms with Gasteiger partial charge in [-0.05, 0) is 37.9 Å². The lowest BCUT2D eigenvalue weighted by Crippen LogP contribution is -2.51. The zero-order valence-corrected chi connectivity index (χ0v) is 11.9. The van der Waals surface area contributed by atoms with Crippen LogP contribution in [-0.2, 0) is 11.0 Å². The lowest BCUT2D eigenvalue weighted by Gasteiger charge is -2.34. The van der Waals surface area contributed by atoms with E-state index in [-0.39, 0.29) is 17.6 Å². The summed E-state index contributed by atoms with van der Waals surface area (Å²) < 4.78 is 39.2. The first-order valence-electron chi connectivity index (χ1n) is 7.16. The molecule has 1 unspecified atom stereocenters. The largest absolute Gasteiger partial charge is 0.418 e. The van der Waals surface area contributed by atoms with Crippen LogP contribution >= 0.6 is 0 Å². The molecule has 3 nitrogen and oxygen atoms in total. The van der Waals surface area contributed by atoms with Crippen molar-refractivity contribution in [3.8, 4) is 0 Å². The minimum Gasteiger partial charge on any atom is -0.310 e. The van der Waals surface area contributed by atoms with Crippen molar-refractivity contribution in [3.63, 3.8) is 0 Å². The molecule has 1 N–H and O–H groups in total. The summed E-state index contributed by atoms with van der Waals surface area (Å²) in [6.07, 6.45) is -2.22. The first-order chi connectivity index (χ1) is 9.95. The number of piperidine rings is 1. The SMILES string of the molecule is CCCNC1CCCN(c2ccccc2C(F)(F)F)C1=O. The molecule has 116 valence electrons. The lowest BCUT2D eigenvalue weighted by molar-refractivity contribution is -0.137. The number of rotatable bonds is 4. The second-order valence-corrected chi connectivity index (χ2v) is 5.15. The molecule has 0 saturated carbocycles. The molecule has 0 bridgehead atoms. The molecular formula is C15H19F3N2O.